The summed E-state index contributed by atoms with van der Waals surface area (Å²) in [6.45, 7) is 1.51. The highest BCUT2D eigenvalue weighted by atomic mass is 79.9. The quantitative estimate of drug-likeness (QED) is 0.718. The highest BCUT2D eigenvalue weighted by molar-refractivity contribution is 9.10. The van der Waals surface area contributed by atoms with Crippen LogP contribution < -0.4 is 10.6 Å². The Balaban J connectivity index is 1.58. The predicted molar refractivity (Wildman–Crippen MR) is 104 cm³/mol. The van der Waals surface area contributed by atoms with E-state index in [1.54, 1.807) is 24.3 Å². The Hall–Kier alpha value is -2.32. The number of rotatable bonds is 4. The number of esters is 1. The van der Waals surface area contributed by atoms with E-state index in [0.717, 1.165) is 14.9 Å². The fourth-order valence-electron chi connectivity index (χ4n) is 2.34. The molecule has 2 N–H and O–H groups in total. The van der Waals surface area contributed by atoms with Crippen LogP contribution in [-0.2, 0) is 14.3 Å². The highest BCUT2D eigenvalue weighted by Gasteiger charge is 2.18. The first-order chi connectivity index (χ1) is 12.4. The number of halogens is 1. The normalized spacial score (nSPS) is 12.8. The van der Waals surface area contributed by atoms with Crippen LogP contribution in [0, 0.1) is 6.92 Å². The molecule has 0 atom stereocenters. The lowest BCUT2D eigenvalue weighted by molar-refractivity contribution is -0.119. The first-order valence-corrected chi connectivity index (χ1v) is 9.50. The summed E-state index contributed by atoms with van der Waals surface area (Å²) in [7, 11) is 0. The Labute approximate surface area is 162 Å². The van der Waals surface area contributed by atoms with Crippen molar-refractivity contribution in [3.63, 3.8) is 0 Å². The minimum Gasteiger partial charge on any atom is -0.452 e. The van der Waals surface area contributed by atoms with Crippen molar-refractivity contribution in [1.29, 1.82) is 0 Å². The summed E-state index contributed by atoms with van der Waals surface area (Å²) in [5.74, 6) is -0.814. The number of aryl methyl sites for hydroxylation is 1. The topological polar surface area (TPSA) is 84.5 Å². The van der Waals surface area contributed by atoms with Crippen LogP contribution in [0.5, 0.6) is 0 Å². The van der Waals surface area contributed by atoms with Crippen molar-refractivity contribution in [2.45, 2.75) is 11.8 Å². The fourth-order valence-corrected chi connectivity index (χ4v) is 3.38. The molecule has 0 saturated heterocycles. The summed E-state index contributed by atoms with van der Waals surface area (Å²) < 4.78 is 6.00. The number of amides is 2. The van der Waals surface area contributed by atoms with Crippen molar-refractivity contribution in [1.82, 2.24) is 0 Å². The zero-order valence-electron chi connectivity index (χ0n) is 13.8. The van der Waals surface area contributed by atoms with E-state index in [9.17, 15) is 14.4 Å². The molecular weight excluding hydrogens is 420 g/mol. The van der Waals surface area contributed by atoms with Crippen molar-refractivity contribution < 1.29 is 19.1 Å². The lowest BCUT2D eigenvalue weighted by Gasteiger charge is -2.16. The third-order valence-electron chi connectivity index (χ3n) is 3.62. The number of anilines is 2. The molecule has 0 aliphatic carbocycles. The number of carbonyl (C=O) groups is 3. The molecule has 2 aromatic rings. The Kier molecular flexibility index (Phi) is 5.63. The molecule has 134 valence electrons. The average Bonchev–Trinajstić information content (AvgIpc) is 2.62. The lowest BCUT2D eigenvalue weighted by atomic mass is 10.2. The number of nitrogens with one attached hydrogen (secondary N) is 2. The van der Waals surface area contributed by atoms with Crippen LogP contribution in [0.25, 0.3) is 0 Å². The second-order valence-electron chi connectivity index (χ2n) is 5.64. The van der Waals surface area contributed by atoms with Crippen molar-refractivity contribution in [2.75, 3.05) is 23.0 Å². The molecule has 0 saturated carbocycles. The van der Waals surface area contributed by atoms with E-state index in [2.05, 4.69) is 26.6 Å². The van der Waals surface area contributed by atoms with Crippen molar-refractivity contribution in [3.8, 4) is 0 Å². The largest absolute Gasteiger partial charge is 0.452 e. The molecular formula is C18H15BrN2O4S. The van der Waals surface area contributed by atoms with Crippen molar-refractivity contribution in [2.24, 2.45) is 0 Å². The minimum absolute atomic E-state index is 0.114. The smallest absolute Gasteiger partial charge is 0.338 e. The number of ether oxygens (including phenoxy) is 1. The van der Waals surface area contributed by atoms with Crippen LogP contribution >= 0.6 is 27.7 Å². The first kappa shape index (κ1) is 18.5. The Morgan fingerprint density at radius 2 is 2.08 bits per heavy atom. The second kappa shape index (κ2) is 7.92. The van der Waals surface area contributed by atoms with Crippen LogP contribution in [0.15, 0.2) is 45.8 Å². The molecule has 0 bridgehead atoms. The van der Waals surface area contributed by atoms with Gasteiger partial charge in [0.25, 0.3) is 5.91 Å². The summed E-state index contributed by atoms with van der Waals surface area (Å²) >= 11 is 4.80. The molecule has 0 aromatic heterocycles. The van der Waals surface area contributed by atoms with Gasteiger partial charge in [-0.25, -0.2) is 4.79 Å². The van der Waals surface area contributed by atoms with E-state index < -0.39 is 18.5 Å². The first-order valence-electron chi connectivity index (χ1n) is 7.72. The third kappa shape index (κ3) is 4.44. The summed E-state index contributed by atoms with van der Waals surface area (Å²) in [6.07, 6.45) is 0. The molecule has 2 aromatic carbocycles. The summed E-state index contributed by atoms with van der Waals surface area (Å²) in [4.78, 5) is 36.4. The number of hydrogen-bond acceptors (Lipinski definition) is 5. The molecule has 0 radical (unpaired) electrons. The Morgan fingerprint density at radius 1 is 1.27 bits per heavy atom. The van der Waals surface area contributed by atoms with Crippen LogP contribution in [0.3, 0.4) is 0 Å². The van der Waals surface area contributed by atoms with Gasteiger partial charge >= 0.3 is 5.97 Å². The molecule has 6 nitrogen and oxygen atoms in total. The number of hydrogen-bond donors (Lipinski definition) is 2. The molecule has 3 rings (SSSR count). The fraction of sp³-hybridized carbons (Fsp3) is 0.167. The SMILES string of the molecule is Cc1cc(NC(=O)COC(=O)c2ccc3c(c2)NC(=O)CS3)ccc1Br. The maximum absolute atomic E-state index is 12.1. The maximum Gasteiger partial charge on any atom is 0.338 e. The molecule has 0 fully saturated rings. The summed E-state index contributed by atoms with van der Waals surface area (Å²) in [5.41, 5.74) is 2.46. The molecule has 2 amide bonds. The molecule has 1 aliphatic rings. The number of fused-ring (bicyclic) bond motifs is 1. The van der Waals surface area contributed by atoms with Gasteiger partial charge in [-0.15, -0.1) is 11.8 Å². The highest BCUT2D eigenvalue weighted by Crippen LogP contribution is 2.32. The summed E-state index contributed by atoms with van der Waals surface area (Å²) in [5, 5.41) is 5.39. The van der Waals surface area contributed by atoms with Crippen LogP contribution in [0.1, 0.15) is 15.9 Å². The zero-order chi connectivity index (χ0) is 18.7. The average molecular weight is 435 g/mol. The van der Waals surface area contributed by atoms with Gasteiger partial charge in [0.05, 0.1) is 17.0 Å². The van der Waals surface area contributed by atoms with Gasteiger partial charge < -0.3 is 15.4 Å². The number of thioether (sulfide) groups is 1. The van der Waals surface area contributed by atoms with Gasteiger partial charge in [-0.05, 0) is 48.9 Å². The molecule has 1 aliphatic heterocycles. The van der Waals surface area contributed by atoms with Crippen molar-refractivity contribution >= 4 is 56.9 Å². The predicted octanol–water partition coefficient (Wildman–Crippen LogP) is 3.60. The second-order valence-corrected chi connectivity index (χ2v) is 7.51. The van der Waals surface area contributed by atoms with Gasteiger partial charge in [0, 0.05) is 15.1 Å². The number of benzene rings is 2. The van der Waals surface area contributed by atoms with E-state index in [4.69, 9.17) is 4.74 Å². The van der Waals surface area contributed by atoms with Gasteiger partial charge in [0.2, 0.25) is 5.91 Å². The molecule has 0 unspecified atom stereocenters. The van der Waals surface area contributed by atoms with E-state index in [1.165, 1.54) is 11.8 Å². The minimum atomic E-state index is -0.625. The van der Waals surface area contributed by atoms with Gasteiger partial charge in [-0.2, -0.15) is 0 Å². The van der Waals surface area contributed by atoms with Gasteiger partial charge in [-0.1, -0.05) is 15.9 Å². The lowest BCUT2D eigenvalue weighted by Crippen LogP contribution is -2.22. The monoisotopic (exact) mass is 434 g/mol. The van der Waals surface area contributed by atoms with Crippen LogP contribution in [0.2, 0.25) is 0 Å². The standard InChI is InChI=1S/C18H15BrN2O4S/c1-10-6-12(3-4-13(10)19)20-16(22)8-25-18(24)11-2-5-15-14(7-11)21-17(23)9-26-15/h2-7H,8-9H2,1H3,(H,20,22)(H,21,23). The van der Waals surface area contributed by atoms with Gasteiger partial charge in [0.15, 0.2) is 6.61 Å². The Bertz CT molecular complexity index is 901. The van der Waals surface area contributed by atoms with E-state index in [-0.39, 0.29) is 11.5 Å². The molecule has 26 heavy (non-hydrogen) atoms. The third-order valence-corrected chi connectivity index (χ3v) is 5.59. The molecule has 8 heteroatoms. The van der Waals surface area contributed by atoms with Crippen LogP contribution in [0.4, 0.5) is 11.4 Å². The van der Waals surface area contributed by atoms with Gasteiger partial charge in [0.1, 0.15) is 0 Å². The summed E-state index contributed by atoms with van der Waals surface area (Å²) in [6, 6.07) is 10.3. The van der Waals surface area contributed by atoms with Gasteiger partial charge in [-0.3, -0.25) is 9.59 Å². The van der Waals surface area contributed by atoms with Crippen LogP contribution in [-0.4, -0.2) is 30.1 Å². The molecule has 0 spiro atoms. The number of carbonyl (C=O) groups excluding carboxylic acids is 3. The van der Waals surface area contributed by atoms with E-state index >= 15 is 0 Å². The van der Waals surface area contributed by atoms with E-state index in [0.29, 0.717) is 17.1 Å². The van der Waals surface area contributed by atoms with Crippen molar-refractivity contribution in [3.05, 3.63) is 52.0 Å². The van der Waals surface area contributed by atoms with E-state index in [1.807, 2.05) is 19.1 Å². The molecule has 1 heterocycles. The Morgan fingerprint density at radius 3 is 2.85 bits per heavy atom. The zero-order valence-corrected chi connectivity index (χ0v) is 16.2. The maximum atomic E-state index is 12.1.